The van der Waals surface area contributed by atoms with Gasteiger partial charge in [-0.1, -0.05) is 25.4 Å². The average molecular weight is 557 g/mol. The van der Waals surface area contributed by atoms with Crippen LogP contribution in [0.5, 0.6) is 0 Å². The van der Waals surface area contributed by atoms with Crippen molar-refractivity contribution in [1.82, 2.24) is 19.8 Å². The Morgan fingerprint density at radius 1 is 1.31 bits per heavy atom. The molecule has 2 aliphatic rings. The van der Waals surface area contributed by atoms with Crippen molar-refractivity contribution in [2.75, 3.05) is 24.5 Å². The third-order valence-electron chi connectivity index (χ3n) is 6.30. The molecule has 0 radical (unpaired) electrons. The molecule has 4 heterocycles. The minimum atomic E-state index is -0.845. The van der Waals surface area contributed by atoms with Crippen LogP contribution >= 0.6 is 11.6 Å². The number of carbonyl (C=O) groups excluding carboxylic acids is 3. The number of hydrogen-bond donors (Lipinski definition) is 0. The van der Waals surface area contributed by atoms with Crippen LogP contribution in [0, 0.1) is 12.7 Å². The lowest BCUT2D eigenvalue weighted by molar-refractivity contribution is -0.112. The molecule has 2 aliphatic heterocycles. The van der Waals surface area contributed by atoms with Crippen molar-refractivity contribution in [1.29, 1.82) is 0 Å². The summed E-state index contributed by atoms with van der Waals surface area (Å²) in [5.41, 5.74) is 1.54. The number of rotatable bonds is 3. The van der Waals surface area contributed by atoms with Crippen LogP contribution in [0.25, 0.3) is 0 Å². The molecule has 1 atom stereocenters. The van der Waals surface area contributed by atoms with Crippen molar-refractivity contribution >= 4 is 47.3 Å². The summed E-state index contributed by atoms with van der Waals surface area (Å²) < 4.78 is 20.3. The Balaban J connectivity index is 1.82. The van der Waals surface area contributed by atoms with Crippen molar-refractivity contribution in [3.05, 3.63) is 51.9 Å². The summed E-state index contributed by atoms with van der Waals surface area (Å²) >= 11 is 6.12. The number of aldehydes is 1. The van der Waals surface area contributed by atoms with E-state index in [9.17, 15) is 18.8 Å². The zero-order valence-electron chi connectivity index (χ0n) is 22.7. The number of pyridine rings is 2. The lowest BCUT2D eigenvalue weighted by Crippen LogP contribution is -2.58. The fourth-order valence-electron chi connectivity index (χ4n) is 4.57. The van der Waals surface area contributed by atoms with Crippen LogP contribution in [-0.4, -0.2) is 75.2 Å². The number of nitrogens with zero attached hydrogens (tertiary/aromatic N) is 6. The zero-order chi connectivity index (χ0) is 28.6. The van der Waals surface area contributed by atoms with Gasteiger partial charge < -0.3 is 19.3 Å². The van der Waals surface area contributed by atoms with Crippen LogP contribution in [0.4, 0.5) is 20.7 Å². The van der Waals surface area contributed by atoms with Crippen LogP contribution in [0.3, 0.4) is 0 Å². The van der Waals surface area contributed by atoms with Crippen LogP contribution in [0.1, 0.15) is 57.4 Å². The number of carbonyl (C=O) groups is 2. The van der Waals surface area contributed by atoms with E-state index in [-0.39, 0.29) is 53.7 Å². The SMILES string of the molecule is Cc1ccnc(C(C)C)c1N1C(=C=O)N=C(N2CCN(C(=O)OC(C)(C)C)CC2C=O)c2cc(F)c(Cl)nc21. The molecular weight excluding hydrogens is 527 g/mol. The van der Waals surface area contributed by atoms with E-state index in [0.717, 1.165) is 5.56 Å². The normalized spacial score (nSPS) is 17.6. The van der Waals surface area contributed by atoms with Crippen molar-refractivity contribution in [3.63, 3.8) is 0 Å². The predicted molar refractivity (Wildman–Crippen MR) is 145 cm³/mol. The number of aromatic nitrogens is 2. The van der Waals surface area contributed by atoms with Gasteiger partial charge in [0.15, 0.2) is 22.7 Å². The molecule has 0 aromatic carbocycles. The van der Waals surface area contributed by atoms with Gasteiger partial charge in [0.2, 0.25) is 5.82 Å². The summed E-state index contributed by atoms with van der Waals surface area (Å²) in [7, 11) is 0. The van der Waals surface area contributed by atoms with Crippen LogP contribution in [0.15, 0.2) is 29.1 Å². The van der Waals surface area contributed by atoms with Gasteiger partial charge in [-0.2, -0.15) is 0 Å². The van der Waals surface area contributed by atoms with Gasteiger partial charge >= 0.3 is 6.09 Å². The quantitative estimate of drug-likeness (QED) is 0.311. The first kappa shape index (κ1) is 28.2. The minimum absolute atomic E-state index is 0.0132. The Morgan fingerprint density at radius 3 is 2.64 bits per heavy atom. The number of halogens is 2. The van der Waals surface area contributed by atoms with Gasteiger partial charge in [-0.05, 0) is 51.3 Å². The largest absolute Gasteiger partial charge is 0.444 e. The van der Waals surface area contributed by atoms with E-state index in [0.29, 0.717) is 17.7 Å². The molecular formula is C27H30ClFN6O4. The maximum absolute atomic E-state index is 14.8. The summed E-state index contributed by atoms with van der Waals surface area (Å²) in [6.07, 6.45) is 1.80. The van der Waals surface area contributed by atoms with Gasteiger partial charge in [0, 0.05) is 19.3 Å². The summed E-state index contributed by atoms with van der Waals surface area (Å²) in [5, 5.41) is -0.389. The van der Waals surface area contributed by atoms with Gasteiger partial charge in [-0.3, -0.25) is 9.88 Å². The molecule has 206 valence electrons. The van der Waals surface area contributed by atoms with Crippen molar-refractivity contribution in [2.45, 2.75) is 59.1 Å². The van der Waals surface area contributed by atoms with E-state index < -0.39 is 23.6 Å². The number of ether oxygens (including phenoxy) is 1. The smallest absolute Gasteiger partial charge is 0.410 e. The summed E-state index contributed by atoms with van der Waals surface area (Å²) in [4.78, 5) is 55.1. The number of anilines is 2. The van der Waals surface area contributed by atoms with Gasteiger partial charge in [0.25, 0.3) is 0 Å². The van der Waals surface area contributed by atoms with E-state index in [1.165, 1.54) is 15.9 Å². The number of amides is 1. The van der Waals surface area contributed by atoms with Crippen LogP contribution in [-0.2, 0) is 14.3 Å². The Hall–Kier alpha value is -3.82. The molecule has 0 aliphatic carbocycles. The van der Waals surface area contributed by atoms with Crippen LogP contribution < -0.4 is 4.90 Å². The molecule has 2 aromatic rings. The second kappa shape index (κ2) is 10.7. The summed E-state index contributed by atoms with van der Waals surface area (Å²) in [6, 6.07) is 2.12. The Bertz CT molecular complexity index is 1400. The first-order valence-corrected chi connectivity index (χ1v) is 12.9. The molecule has 4 rings (SSSR count). The molecule has 0 bridgehead atoms. The lowest BCUT2D eigenvalue weighted by atomic mass is 10.0. The van der Waals surface area contributed by atoms with E-state index in [1.54, 1.807) is 37.9 Å². The second-order valence-corrected chi connectivity index (χ2v) is 11.0. The van der Waals surface area contributed by atoms with Crippen molar-refractivity contribution in [3.8, 4) is 0 Å². The Labute approximate surface area is 231 Å². The third-order valence-corrected chi connectivity index (χ3v) is 6.57. The molecule has 1 amide bonds. The van der Waals surface area contributed by atoms with Gasteiger partial charge in [-0.15, -0.1) is 0 Å². The standard InChI is InChI=1S/C27H30ClFN6O4/c1-15(2)21-22(16(3)7-8-30-21)35-20(14-37)31-24(18-11-19(29)23(28)32-25(18)35)34-10-9-33(12-17(34)13-36)26(38)39-27(4,5)6/h7-8,11,13,15,17H,9-10,12H2,1-6H3. The monoisotopic (exact) mass is 556 g/mol. The fourth-order valence-corrected chi connectivity index (χ4v) is 4.70. The molecule has 1 unspecified atom stereocenters. The van der Waals surface area contributed by atoms with E-state index in [2.05, 4.69) is 15.0 Å². The average Bonchev–Trinajstić information content (AvgIpc) is 2.87. The van der Waals surface area contributed by atoms with E-state index in [4.69, 9.17) is 16.3 Å². The Morgan fingerprint density at radius 2 is 2.03 bits per heavy atom. The molecule has 1 fully saturated rings. The molecule has 0 N–H and O–H groups in total. The first-order valence-electron chi connectivity index (χ1n) is 12.5. The number of aryl methyl sites for hydroxylation is 1. The van der Waals surface area contributed by atoms with Gasteiger partial charge in [0.05, 0.1) is 23.5 Å². The molecule has 39 heavy (non-hydrogen) atoms. The van der Waals surface area contributed by atoms with Crippen LogP contribution in [0.2, 0.25) is 5.15 Å². The number of aliphatic imine (C=N–C) groups is 1. The molecule has 0 spiro atoms. The molecule has 1 saturated heterocycles. The van der Waals surface area contributed by atoms with E-state index >= 15 is 0 Å². The second-order valence-electron chi connectivity index (χ2n) is 10.7. The topological polar surface area (TPSA) is 108 Å². The zero-order valence-corrected chi connectivity index (χ0v) is 23.4. The molecule has 10 nitrogen and oxygen atoms in total. The van der Waals surface area contributed by atoms with Gasteiger partial charge in [-0.25, -0.2) is 24.0 Å². The highest BCUT2D eigenvalue weighted by atomic mass is 35.5. The predicted octanol–water partition coefficient (Wildman–Crippen LogP) is 4.39. The highest BCUT2D eigenvalue weighted by Gasteiger charge is 2.39. The number of amidine groups is 1. The van der Waals surface area contributed by atoms with Crippen molar-refractivity contribution < 1.29 is 23.5 Å². The highest BCUT2D eigenvalue weighted by Crippen LogP contribution is 2.41. The third kappa shape index (κ3) is 5.51. The van der Waals surface area contributed by atoms with Gasteiger partial charge in [0.1, 0.15) is 23.8 Å². The molecule has 0 saturated carbocycles. The lowest BCUT2D eigenvalue weighted by Gasteiger charge is -2.42. The summed E-state index contributed by atoms with van der Waals surface area (Å²) in [5.74, 6) is 1.21. The van der Waals surface area contributed by atoms with E-state index in [1.807, 2.05) is 26.7 Å². The Kier molecular flexibility index (Phi) is 7.77. The highest BCUT2D eigenvalue weighted by molar-refractivity contribution is 6.30. The van der Waals surface area contributed by atoms with Crippen molar-refractivity contribution in [2.24, 2.45) is 4.99 Å². The minimum Gasteiger partial charge on any atom is -0.444 e. The molecule has 2 aromatic heterocycles. The fraction of sp³-hybridized carbons (Fsp3) is 0.444. The maximum Gasteiger partial charge on any atom is 0.410 e. The maximum atomic E-state index is 14.8. The first-order chi connectivity index (χ1) is 18.4. The summed E-state index contributed by atoms with van der Waals surface area (Å²) in [6.45, 7) is 11.4. The molecule has 12 heteroatoms. The number of fused-ring (bicyclic) bond motifs is 1. The number of piperazine rings is 1. The number of hydrogen-bond acceptors (Lipinski definition) is 9.